The van der Waals surface area contributed by atoms with E-state index in [0.29, 0.717) is 6.42 Å². The smallest absolute Gasteiger partial charge is 0.325 e. The van der Waals surface area contributed by atoms with Gasteiger partial charge in [0, 0.05) is 6.54 Å². The van der Waals surface area contributed by atoms with Crippen molar-refractivity contribution in [2.24, 2.45) is 11.5 Å². The van der Waals surface area contributed by atoms with E-state index in [-0.39, 0.29) is 13.0 Å². The van der Waals surface area contributed by atoms with E-state index >= 15 is 0 Å². The molecule has 0 aliphatic carbocycles. The summed E-state index contributed by atoms with van der Waals surface area (Å²) in [5, 5.41) is 22.2. The zero-order chi connectivity index (χ0) is 22.3. The summed E-state index contributed by atoms with van der Waals surface area (Å²) in [6, 6.07) is -5.08. The van der Waals surface area contributed by atoms with Crippen LogP contribution in [0.15, 0.2) is 0 Å². The lowest BCUT2D eigenvalue weighted by Crippen LogP contribution is -2.57. The number of rotatable bonds is 10. The van der Waals surface area contributed by atoms with Gasteiger partial charge in [-0.1, -0.05) is 0 Å². The van der Waals surface area contributed by atoms with E-state index in [4.69, 9.17) is 21.7 Å². The fourth-order valence-electron chi connectivity index (χ4n) is 2.85. The van der Waals surface area contributed by atoms with Crippen molar-refractivity contribution in [2.75, 3.05) is 6.54 Å². The van der Waals surface area contributed by atoms with E-state index in [9.17, 15) is 28.8 Å². The Morgan fingerprint density at radius 1 is 1.10 bits per heavy atom. The van der Waals surface area contributed by atoms with Gasteiger partial charge < -0.3 is 37.2 Å². The van der Waals surface area contributed by atoms with Crippen LogP contribution >= 0.6 is 0 Å². The number of nitrogens with two attached hydrogens (primary N) is 2. The summed E-state index contributed by atoms with van der Waals surface area (Å²) in [5.74, 6) is -5.95. The number of hydrogen-bond donors (Lipinski definition) is 6. The molecule has 1 fully saturated rings. The van der Waals surface area contributed by atoms with Crippen molar-refractivity contribution in [1.82, 2.24) is 15.5 Å². The third-order valence-corrected chi connectivity index (χ3v) is 4.32. The minimum Gasteiger partial charge on any atom is -0.481 e. The Kier molecular flexibility index (Phi) is 8.51. The van der Waals surface area contributed by atoms with E-state index < -0.39 is 72.6 Å². The number of nitrogens with one attached hydrogen (secondary N) is 2. The maximum absolute atomic E-state index is 12.6. The second-order valence-electron chi connectivity index (χ2n) is 6.69. The molecule has 0 aromatic carbocycles. The number of carbonyl (C=O) groups excluding carboxylic acids is 4. The van der Waals surface area contributed by atoms with Crippen molar-refractivity contribution in [2.45, 2.75) is 56.8 Å². The zero-order valence-corrected chi connectivity index (χ0v) is 15.8. The average molecular weight is 415 g/mol. The van der Waals surface area contributed by atoms with Crippen LogP contribution in [0.4, 0.5) is 0 Å². The Morgan fingerprint density at radius 2 is 1.72 bits per heavy atom. The molecule has 0 aromatic rings. The lowest BCUT2D eigenvalue weighted by atomic mass is 10.1. The van der Waals surface area contributed by atoms with E-state index in [1.807, 2.05) is 0 Å². The van der Waals surface area contributed by atoms with Crippen molar-refractivity contribution in [1.29, 1.82) is 0 Å². The van der Waals surface area contributed by atoms with Crippen molar-refractivity contribution < 1.29 is 39.0 Å². The van der Waals surface area contributed by atoms with Gasteiger partial charge in [-0.15, -0.1) is 0 Å². The van der Waals surface area contributed by atoms with Gasteiger partial charge in [-0.3, -0.25) is 28.8 Å². The quantitative estimate of drug-likeness (QED) is 0.210. The minimum absolute atomic E-state index is 0.190. The summed E-state index contributed by atoms with van der Waals surface area (Å²) in [7, 11) is 0. The molecule has 1 heterocycles. The van der Waals surface area contributed by atoms with Gasteiger partial charge in [0.2, 0.25) is 23.6 Å². The van der Waals surface area contributed by atoms with Gasteiger partial charge in [0.15, 0.2) is 0 Å². The largest absolute Gasteiger partial charge is 0.481 e. The standard InChI is InChI=1S/C16H25N5O8/c1-7(16(28)29)19-13(25)9(6-12(23)24)20-14(26)10-3-2-4-21(10)15(27)8(17)5-11(18)22/h7-10H,2-6,17H2,1H3,(H2,18,22)(H,19,25)(H,20,26)(H,23,24)(H,28,29). The van der Waals surface area contributed by atoms with Crippen LogP contribution in [0.5, 0.6) is 0 Å². The van der Waals surface area contributed by atoms with Gasteiger partial charge in [0.05, 0.1) is 18.9 Å². The lowest BCUT2D eigenvalue weighted by molar-refractivity contribution is -0.144. The molecule has 0 aromatic heterocycles. The van der Waals surface area contributed by atoms with Crippen LogP contribution in [0.3, 0.4) is 0 Å². The van der Waals surface area contributed by atoms with Crippen LogP contribution in [0.1, 0.15) is 32.6 Å². The highest BCUT2D eigenvalue weighted by atomic mass is 16.4. The Labute approximate surface area is 165 Å². The highest BCUT2D eigenvalue weighted by molar-refractivity contribution is 5.96. The monoisotopic (exact) mass is 415 g/mol. The summed E-state index contributed by atoms with van der Waals surface area (Å²) >= 11 is 0. The third-order valence-electron chi connectivity index (χ3n) is 4.32. The number of likely N-dealkylation sites (tertiary alicyclic amines) is 1. The van der Waals surface area contributed by atoms with Crippen LogP contribution < -0.4 is 22.1 Å². The number of carbonyl (C=O) groups is 6. The van der Waals surface area contributed by atoms with E-state index in [0.717, 1.165) is 4.90 Å². The predicted molar refractivity (Wildman–Crippen MR) is 95.9 cm³/mol. The SMILES string of the molecule is CC(NC(=O)C(CC(=O)O)NC(=O)C1CCCN1C(=O)C(N)CC(N)=O)C(=O)O. The topological polar surface area (TPSA) is 222 Å². The molecule has 13 nitrogen and oxygen atoms in total. The molecule has 1 aliphatic heterocycles. The van der Waals surface area contributed by atoms with Crippen molar-refractivity contribution in [3.63, 3.8) is 0 Å². The lowest BCUT2D eigenvalue weighted by Gasteiger charge is -2.28. The molecule has 1 aliphatic rings. The first kappa shape index (κ1) is 23.8. The molecule has 1 saturated heterocycles. The Bertz CT molecular complexity index is 697. The van der Waals surface area contributed by atoms with Gasteiger partial charge in [0.25, 0.3) is 0 Å². The van der Waals surface area contributed by atoms with Gasteiger partial charge in [-0.05, 0) is 19.8 Å². The second-order valence-corrected chi connectivity index (χ2v) is 6.69. The van der Waals surface area contributed by atoms with Crippen LogP contribution in [0.2, 0.25) is 0 Å². The summed E-state index contributed by atoms with van der Waals surface area (Å²) in [4.78, 5) is 71.2. The molecule has 4 amide bonds. The first-order valence-corrected chi connectivity index (χ1v) is 8.83. The van der Waals surface area contributed by atoms with E-state index in [1.54, 1.807) is 0 Å². The first-order valence-electron chi connectivity index (χ1n) is 8.83. The molecule has 4 atom stereocenters. The Hall–Kier alpha value is -3.22. The molecule has 0 bridgehead atoms. The molecule has 162 valence electrons. The first-order chi connectivity index (χ1) is 13.4. The van der Waals surface area contributed by atoms with Crippen LogP contribution in [-0.4, -0.2) is 81.4 Å². The van der Waals surface area contributed by atoms with Gasteiger partial charge in [0.1, 0.15) is 18.1 Å². The van der Waals surface area contributed by atoms with Gasteiger partial charge in [-0.25, -0.2) is 0 Å². The van der Waals surface area contributed by atoms with Crippen molar-refractivity contribution in [3.05, 3.63) is 0 Å². The van der Waals surface area contributed by atoms with E-state index in [1.165, 1.54) is 6.92 Å². The molecule has 13 heteroatoms. The molecule has 0 saturated carbocycles. The Balaban J connectivity index is 2.87. The molecule has 0 radical (unpaired) electrons. The number of carboxylic acid groups (broad SMARTS) is 2. The number of amides is 4. The molecule has 4 unspecified atom stereocenters. The highest BCUT2D eigenvalue weighted by Gasteiger charge is 2.38. The maximum atomic E-state index is 12.6. The fraction of sp³-hybridized carbons (Fsp3) is 0.625. The maximum Gasteiger partial charge on any atom is 0.325 e. The molecule has 8 N–H and O–H groups in total. The van der Waals surface area contributed by atoms with Gasteiger partial charge in [-0.2, -0.15) is 0 Å². The summed E-state index contributed by atoms with van der Waals surface area (Å²) in [6.45, 7) is 1.37. The van der Waals surface area contributed by atoms with Crippen LogP contribution in [0, 0.1) is 0 Å². The number of hydrogen-bond acceptors (Lipinski definition) is 7. The summed E-state index contributed by atoms with van der Waals surface area (Å²) in [6.07, 6.45) is -0.487. The molecule has 0 spiro atoms. The second kappa shape index (κ2) is 10.4. The number of aliphatic carboxylic acids is 2. The molecular weight excluding hydrogens is 390 g/mol. The Morgan fingerprint density at radius 3 is 2.24 bits per heavy atom. The van der Waals surface area contributed by atoms with Crippen molar-refractivity contribution >= 4 is 35.6 Å². The summed E-state index contributed by atoms with van der Waals surface area (Å²) in [5.41, 5.74) is 10.7. The normalized spacial score (nSPS) is 19.0. The number of carboxylic acids is 2. The minimum atomic E-state index is -1.54. The predicted octanol–water partition coefficient (Wildman–Crippen LogP) is -3.27. The zero-order valence-electron chi connectivity index (χ0n) is 15.8. The highest BCUT2D eigenvalue weighted by Crippen LogP contribution is 2.19. The van der Waals surface area contributed by atoms with Gasteiger partial charge >= 0.3 is 11.9 Å². The van der Waals surface area contributed by atoms with Crippen LogP contribution in [-0.2, 0) is 28.8 Å². The molecule has 1 rings (SSSR count). The average Bonchev–Trinajstić information content (AvgIpc) is 3.08. The fourth-order valence-corrected chi connectivity index (χ4v) is 2.85. The number of nitrogens with zero attached hydrogens (tertiary/aromatic N) is 1. The summed E-state index contributed by atoms with van der Waals surface area (Å²) < 4.78 is 0. The molecular formula is C16H25N5O8. The molecule has 29 heavy (non-hydrogen) atoms. The third kappa shape index (κ3) is 7.03. The van der Waals surface area contributed by atoms with Crippen molar-refractivity contribution in [3.8, 4) is 0 Å². The van der Waals surface area contributed by atoms with Crippen LogP contribution in [0.25, 0.3) is 0 Å². The van der Waals surface area contributed by atoms with E-state index in [2.05, 4.69) is 10.6 Å². The number of primary amides is 1.